The van der Waals surface area contributed by atoms with Crippen molar-refractivity contribution in [3.8, 4) is 0 Å². The Morgan fingerprint density at radius 3 is 2.93 bits per heavy atom. The molecule has 0 bridgehead atoms. The molecular formula is C19H26FIN6. The molecule has 1 aromatic carbocycles. The molecule has 146 valence electrons. The number of hydrogen-bond donors (Lipinski definition) is 2. The summed E-state index contributed by atoms with van der Waals surface area (Å²) in [6, 6.07) is 7.06. The van der Waals surface area contributed by atoms with Crippen molar-refractivity contribution in [2.75, 3.05) is 13.6 Å². The Balaban J connectivity index is 0.00000210. The third-order valence-corrected chi connectivity index (χ3v) is 5.40. The Hall–Kier alpha value is -1.71. The Morgan fingerprint density at radius 1 is 1.41 bits per heavy atom. The Morgan fingerprint density at radius 2 is 2.22 bits per heavy atom. The fourth-order valence-electron chi connectivity index (χ4n) is 3.75. The number of halogens is 2. The van der Waals surface area contributed by atoms with Gasteiger partial charge >= 0.3 is 0 Å². The van der Waals surface area contributed by atoms with Crippen LogP contribution in [0.15, 0.2) is 29.3 Å². The molecule has 1 aliphatic heterocycles. The monoisotopic (exact) mass is 484 g/mol. The SMILES string of the molecule is CN=C(NCC1(c2cccc(F)c2)CC1)NC1CCCn2nc(C)nc21.I. The molecule has 1 atom stereocenters. The van der Waals surface area contributed by atoms with Crippen molar-refractivity contribution in [3.05, 3.63) is 47.3 Å². The van der Waals surface area contributed by atoms with Crippen molar-refractivity contribution in [1.29, 1.82) is 0 Å². The molecule has 2 aromatic rings. The highest BCUT2D eigenvalue weighted by atomic mass is 127. The number of nitrogens with zero attached hydrogens (tertiary/aromatic N) is 4. The number of aliphatic imine (C=N–C) groups is 1. The van der Waals surface area contributed by atoms with Crippen molar-refractivity contribution in [3.63, 3.8) is 0 Å². The lowest BCUT2D eigenvalue weighted by atomic mass is 9.96. The molecule has 4 rings (SSSR count). The van der Waals surface area contributed by atoms with Gasteiger partial charge in [0.05, 0.1) is 6.04 Å². The Bertz CT molecular complexity index is 829. The quantitative estimate of drug-likeness (QED) is 0.398. The highest BCUT2D eigenvalue weighted by molar-refractivity contribution is 14.0. The van der Waals surface area contributed by atoms with E-state index in [1.807, 2.05) is 17.7 Å². The molecule has 0 radical (unpaired) electrons. The maximum Gasteiger partial charge on any atom is 0.191 e. The normalized spacial score (nSPS) is 20.4. The van der Waals surface area contributed by atoms with E-state index in [2.05, 4.69) is 25.7 Å². The van der Waals surface area contributed by atoms with Crippen molar-refractivity contribution in [2.24, 2.45) is 4.99 Å². The highest BCUT2D eigenvalue weighted by Gasteiger charge is 2.44. The fraction of sp³-hybridized carbons (Fsp3) is 0.526. The molecule has 1 unspecified atom stereocenters. The van der Waals surface area contributed by atoms with Crippen LogP contribution in [0, 0.1) is 12.7 Å². The zero-order chi connectivity index (χ0) is 18.1. The molecule has 0 amide bonds. The standard InChI is InChI=1S/C19H25FN6.HI/c1-13-23-17-16(7-4-10-26(17)25-13)24-18(21-2)22-12-19(8-9-19)14-5-3-6-15(20)11-14;/h3,5-6,11,16H,4,7-10,12H2,1-2H3,(H2,21,22,24);1H. The van der Waals surface area contributed by atoms with E-state index in [4.69, 9.17) is 0 Å². The largest absolute Gasteiger partial charge is 0.356 e. The van der Waals surface area contributed by atoms with Crippen molar-refractivity contribution < 1.29 is 4.39 Å². The minimum Gasteiger partial charge on any atom is -0.356 e. The van der Waals surface area contributed by atoms with Crippen LogP contribution in [0.4, 0.5) is 4.39 Å². The summed E-state index contributed by atoms with van der Waals surface area (Å²) >= 11 is 0. The third-order valence-electron chi connectivity index (χ3n) is 5.40. The number of nitrogens with one attached hydrogen (secondary N) is 2. The molecule has 2 N–H and O–H groups in total. The molecule has 2 aliphatic rings. The van der Waals surface area contributed by atoms with Gasteiger partial charge in [-0.05, 0) is 50.3 Å². The van der Waals surface area contributed by atoms with Gasteiger partial charge in [-0.1, -0.05) is 12.1 Å². The van der Waals surface area contributed by atoms with Crippen LogP contribution in [0.3, 0.4) is 0 Å². The molecule has 0 spiro atoms. The lowest BCUT2D eigenvalue weighted by Crippen LogP contribution is -2.44. The van der Waals surface area contributed by atoms with E-state index < -0.39 is 0 Å². The molecule has 1 fully saturated rings. The molecule has 2 heterocycles. The lowest BCUT2D eigenvalue weighted by Gasteiger charge is -2.26. The molecule has 1 aromatic heterocycles. The van der Waals surface area contributed by atoms with Crippen LogP contribution in [-0.4, -0.2) is 34.3 Å². The third kappa shape index (κ3) is 4.25. The van der Waals surface area contributed by atoms with Gasteiger partial charge in [-0.25, -0.2) is 14.1 Å². The van der Waals surface area contributed by atoms with Gasteiger partial charge in [-0.3, -0.25) is 4.99 Å². The number of fused-ring (bicyclic) bond motifs is 1. The first-order chi connectivity index (χ1) is 12.6. The summed E-state index contributed by atoms with van der Waals surface area (Å²) < 4.78 is 15.6. The van der Waals surface area contributed by atoms with Crippen LogP contribution in [0.5, 0.6) is 0 Å². The van der Waals surface area contributed by atoms with E-state index in [1.54, 1.807) is 19.2 Å². The number of guanidine groups is 1. The number of rotatable bonds is 4. The van der Waals surface area contributed by atoms with Crippen LogP contribution in [0.25, 0.3) is 0 Å². The van der Waals surface area contributed by atoms with Crippen LogP contribution >= 0.6 is 24.0 Å². The van der Waals surface area contributed by atoms with Crippen molar-refractivity contribution in [2.45, 2.75) is 50.6 Å². The van der Waals surface area contributed by atoms with Gasteiger partial charge in [0.15, 0.2) is 5.96 Å². The lowest BCUT2D eigenvalue weighted by molar-refractivity contribution is 0.397. The smallest absolute Gasteiger partial charge is 0.191 e. The summed E-state index contributed by atoms with van der Waals surface area (Å²) in [4.78, 5) is 8.93. The number of aromatic nitrogens is 3. The van der Waals surface area contributed by atoms with Gasteiger partial charge in [0.25, 0.3) is 0 Å². The van der Waals surface area contributed by atoms with E-state index in [-0.39, 0.29) is 41.3 Å². The first-order valence-electron chi connectivity index (χ1n) is 9.24. The van der Waals surface area contributed by atoms with Gasteiger partial charge in [0.2, 0.25) is 0 Å². The van der Waals surface area contributed by atoms with E-state index in [1.165, 1.54) is 6.07 Å². The molecule has 1 aliphatic carbocycles. The maximum absolute atomic E-state index is 13.6. The van der Waals surface area contributed by atoms with Gasteiger partial charge < -0.3 is 10.6 Å². The first-order valence-corrected chi connectivity index (χ1v) is 9.24. The van der Waals surface area contributed by atoms with Crippen molar-refractivity contribution >= 4 is 29.9 Å². The predicted octanol–water partition coefficient (Wildman–Crippen LogP) is 3.08. The van der Waals surface area contributed by atoms with Gasteiger partial charge in [-0.15, -0.1) is 24.0 Å². The Labute approximate surface area is 176 Å². The zero-order valence-electron chi connectivity index (χ0n) is 15.7. The average Bonchev–Trinajstić information content (AvgIpc) is 3.33. The summed E-state index contributed by atoms with van der Waals surface area (Å²) in [6.07, 6.45) is 4.21. The second-order valence-corrected chi connectivity index (χ2v) is 7.30. The molecule has 8 heteroatoms. The molecule has 1 saturated carbocycles. The number of hydrogen-bond acceptors (Lipinski definition) is 3. The molecule has 6 nitrogen and oxygen atoms in total. The van der Waals surface area contributed by atoms with Gasteiger partial charge in [0, 0.05) is 25.6 Å². The van der Waals surface area contributed by atoms with Crippen molar-refractivity contribution in [1.82, 2.24) is 25.4 Å². The van der Waals surface area contributed by atoms with Crippen LogP contribution < -0.4 is 10.6 Å². The summed E-state index contributed by atoms with van der Waals surface area (Å²) in [5, 5.41) is 11.4. The highest BCUT2D eigenvalue weighted by Crippen LogP contribution is 2.47. The fourth-order valence-corrected chi connectivity index (χ4v) is 3.75. The molecule has 27 heavy (non-hydrogen) atoms. The Kier molecular flexibility index (Phi) is 6.02. The van der Waals surface area contributed by atoms with Crippen LogP contribution in [-0.2, 0) is 12.0 Å². The topological polar surface area (TPSA) is 67.1 Å². The summed E-state index contributed by atoms with van der Waals surface area (Å²) in [6.45, 7) is 3.59. The first kappa shape index (κ1) is 20.0. The summed E-state index contributed by atoms with van der Waals surface area (Å²) in [5.74, 6) is 2.36. The second-order valence-electron chi connectivity index (χ2n) is 7.30. The molecule has 0 saturated heterocycles. The van der Waals surface area contributed by atoms with Gasteiger partial charge in [0.1, 0.15) is 17.5 Å². The minimum atomic E-state index is -0.173. The summed E-state index contributed by atoms with van der Waals surface area (Å²) in [7, 11) is 1.77. The number of benzene rings is 1. The zero-order valence-corrected chi connectivity index (χ0v) is 18.0. The van der Waals surface area contributed by atoms with E-state index in [0.29, 0.717) is 0 Å². The average molecular weight is 484 g/mol. The van der Waals surface area contributed by atoms with E-state index in [0.717, 1.165) is 61.9 Å². The van der Waals surface area contributed by atoms with E-state index in [9.17, 15) is 4.39 Å². The summed E-state index contributed by atoms with van der Waals surface area (Å²) in [5.41, 5.74) is 1.08. The second kappa shape index (κ2) is 8.12. The maximum atomic E-state index is 13.6. The van der Waals surface area contributed by atoms with Crippen LogP contribution in [0.2, 0.25) is 0 Å². The predicted molar refractivity (Wildman–Crippen MR) is 114 cm³/mol. The van der Waals surface area contributed by atoms with Gasteiger partial charge in [-0.2, -0.15) is 5.10 Å². The van der Waals surface area contributed by atoms with Crippen LogP contribution in [0.1, 0.15) is 48.9 Å². The van der Waals surface area contributed by atoms with E-state index >= 15 is 0 Å². The number of aryl methyl sites for hydroxylation is 2. The minimum absolute atomic E-state index is 0. The molecular weight excluding hydrogens is 458 g/mol.